The zero-order valence-electron chi connectivity index (χ0n) is 9.99. The van der Waals surface area contributed by atoms with Gasteiger partial charge in [-0.2, -0.15) is 0 Å². The summed E-state index contributed by atoms with van der Waals surface area (Å²) in [6, 6.07) is 2.39. The summed E-state index contributed by atoms with van der Waals surface area (Å²) in [7, 11) is 1.54. The summed E-state index contributed by atoms with van der Waals surface area (Å²) in [6.45, 7) is 0. The van der Waals surface area contributed by atoms with Crippen LogP contribution in [0.25, 0.3) is 6.08 Å². The second-order valence-electron chi connectivity index (χ2n) is 3.86. The number of likely N-dealkylation sites (N-methyl/N-ethyl adjacent to an activating group) is 1. The SMILES string of the molecule is CN1C(=O)/C(=C/c2cc([N+](=O)[O-])cc(Br)c2O)SC1=S. The number of non-ortho nitro benzene ring substituents is 1. The van der Waals surface area contributed by atoms with Gasteiger partial charge in [-0.15, -0.1) is 0 Å². The van der Waals surface area contributed by atoms with Gasteiger partial charge >= 0.3 is 0 Å². The summed E-state index contributed by atoms with van der Waals surface area (Å²) < 4.78 is 0.579. The highest BCUT2D eigenvalue weighted by molar-refractivity contribution is 9.10. The van der Waals surface area contributed by atoms with E-state index in [0.29, 0.717) is 9.23 Å². The van der Waals surface area contributed by atoms with Crippen molar-refractivity contribution in [2.45, 2.75) is 0 Å². The van der Waals surface area contributed by atoms with Gasteiger partial charge in [0.25, 0.3) is 11.6 Å². The molecule has 20 heavy (non-hydrogen) atoms. The first-order valence-electron chi connectivity index (χ1n) is 5.19. The van der Waals surface area contributed by atoms with E-state index in [1.165, 1.54) is 23.1 Å². The first kappa shape index (κ1) is 14.9. The van der Waals surface area contributed by atoms with Crippen LogP contribution in [0, 0.1) is 10.1 Å². The Morgan fingerprint density at radius 1 is 1.55 bits per heavy atom. The Morgan fingerprint density at radius 2 is 2.20 bits per heavy atom. The number of aromatic hydroxyl groups is 1. The molecule has 1 aliphatic heterocycles. The Hall–Kier alpha value is -1.45. The van der Waals surface area contributed by atoms with E-state index in [1.54, 1.807) is 7.05 Å². The first-order chi connectivity index (χ1) is 9.31. The highest BCUT2D eigenvalue weighted by Gasteiger charge is 2.29. The minimum absolute atomic E-state index is 0.169. The number of nitro groups is 1. The fraction of sp³-hybridized carbons (Fsp3) is 0.0909. The molecule has 9 heteroatoms. The number of nitro benzene ring substituents is 1. The second-order valence-corrected chi connectivity index (χ2v) is 6.39. The number of phenols is 1. The van der Waals surface area contributed by atoms with Crippen molar-refractivity contribution in [1.82, 2.24) is 4.90 Å². The van der Waals surface area contributed by atoms with Gasteiger partial charge in [0, 0.05) is 24.7 Å². The number of benzene rings is 1. The van der Waals surface area contributed by atoms with Gasteiger partial charge in [-0.25, -0.2) is 0 Å². The van der Waals surface area contributed by atoms with Gasteiger partial charge in [-0.3, -0.25) is 19.8 Å². The molecular formula is C11H7BrN2O4S2. The molecule has 0 aromatic heterocycles. The third-order valence-corrected chi connectivity index (χ3v) is 4.65. The van der Waals surface area contributed by atoms with Crippen LogP contribution < -0.4 is 0 Å². The number of halogens is 1. The molecule has 104 valence electrons. The lowest BCUT2D eigenvalue weighted by Crippen LogP contribution is -2.22. The molecule has 1 saturated heterocycles. The zero-order chi connectivity index (χ0) is 15.0. The fourth-order valence-electron chi connectivity index (χ4n) is 1.51. The molecule has 1 heterocycles. The number of hydrogen-bond acceptors (Lipinski definition) is 6. The van der Waals surface area contributed by atoms with Crippen LogP contribution in [-0.2, 0) is 4.79 Å². The quantitative estimate of drug-likeness (QED) is 0.370. The number of nitrogens with zero attached hydrogens (tertiary/aromatic N) is 2. The number of amides is 1. The number of thioether (sulfide) groups is 1. The Balaban J connectivity index is 2.51. The third kappa shape index (κ3) is 2.69. The normalized spacial score (nSPS) is 17.1. The van der Waals surface area contributed by atoms with E-state index < -0.39 is 4.92 Å². The molecule has 0 radical (unpaired) electrons. The molecule has 1 aliphatic rings. The molecule has 1 aromatic rings. The molecule has 0 aliphatic carbocycles. The number of thiocarbonyl (C=S) groups is 1. The van der Waals surface area contributed by atoms with Gasteiger partial charge in [-0.1, -0.05) is 24.0 Å². The highest BCUT2D eigenvalue weighted by atomic mass is 79.9. The number of phenolic OH excluding ortho intramolecular Hbond substituents is 1. The number of carbonyl (C=O) groups is 1. The van der Waals surface area contributed by atoms with E-state index in [1.807, 2.05) is 0 Å². The smallest absolute Gasteiger partial charge is 0.271 e. The largest absolute Gasteiger partial charge is 0.506 e. The summed E-state index contributed by atoms with van der Waals surface area (Å²) >= 11 is 9.11. The summed E-state index contributed by atoms with van der Waals surface area (Å²) in [5.74, 6) is -0.473. The molecule has 1 amide bonds. The van der Waals surface area contributed by atoms with Gasteiger partial charge in [0.2, 0.25) is 0 Å². The van der Waals surface area contributed by atoms with Gasteiger partial charge in [0.15, 0.2) is 0 Å². The van der Waals surface area contributed by atoms with Crippen LogP contribution in [0.15, 0.2) is 21.5 Å². The first-order valence-corrected chi connectivity index (χ1v) is 7.21. The van der Waals surface area contributed by atoms with Crippen LogP contribution in [0.5, 0.6) is 5.75 Å². The molecule has 0 unspecified atom stereocenters. The number of rotatable bonds is 2. The standard InChI is InChI=1S/C11H7BrN2O4S2/c1-13-10(16)8(20-11(13)19)3-5-2-6(14(17)18)4-7(12)9(5)15/h2-4,15H,1H3/b8-3-. The van der Waals surface area contributed by atoms with Gasteiger partial charge in [0.1, 0.15) is 10.1 Å². The molecule has 0 atom stereocenters. The Kier molecular flexibility index (Phi) is 4.11. The maximum absolute atomic E-state index is 11.9. The molecule has 0 saturated carbocycles. The lowest BCUT2D eigenvalue weighted by molar-refractivity contribution is -0.385. The molecule has 1 N–H and O–H groups in total. The van der Waals surface area contributed by atoms with Gasteiger partial charge in [0.05, 0.1) is 14.3 Å². The third-order valence-electron chi connectivity index (χ3n) is 2.56. The molecule has 1 aromatic carbocycles. The molecule has 0 bridgehead atoms. The predicted molar refractivity (Wildman–Crippen MR) is 83.4 cm³/mol. The van der Waals surface area contributed by atoms with Crippen molar-refractivity contribution in [2.75, 3.05) is 7.05 Å². The summed E-state index contributed by atoms with van der Waals surface area (Å²) in [4.78, 5) is 23.7. The van der Waals surface area contributed by atoms with Gasteiger partial charge < -0.3 is 5.11 Å². The van der Waals surface area contributed by atoms with Gasteiger partial charge in [-0.05, 0) is 22.0 Å². The molecule has 2 rings (SSSR count). The number of hydrogen-bond donors (Lipinski definition) is 1. The topological polar surface area (TPSA) is 83.7 Å². The van der Waals surface area contributed by atoms with Crippen LogP contribution in [0.2, 0.25) is 0 Å². The minimum atomic E-state index is -0.577. The number of carbonyl (C=O) groups excluding carboxylic acids is 1. The maximum Gasteiger partial charge on any atom is 0.271 e. The van der Waals surface area contributed by atoms with E-state index in [4.69, 9.17) is 12.2 Å². The molecule has 6 nitrogen and oxygen atoms in total. The average molecular weight is 375 g/mol. The van der Waals surface area contributed by atoms with Crippen molar-refractivity contribution in [2.24, 2.45) is 0 Å². The van der Waals surface area contributed by atoms with E-state index in [-0.39, 0.29) is 27.4 Å². The minimum Gasteiger partial charge on any atom is -0.506 e. The Morgan fingerprint density at radius 3 is 2.70 bits per heavy atom. The van der Waals surface area contributed by atoms with Crippen molar-refractivity contribution in [3.63, 3.8) is 0 Å². The summed E-state index contributed by atoms with van der Waals surface area (Å²) in [6.07, 6.45) is 1.38. The fourth-order valence-corrected chi connectivity index (χ4v) is 3.14. The lowest BCUT2D eigenvalue weighted by Gasteiger charge is -2.04. The van der Waals surface area contributed by atoms with E-state index >= 15 is 0 Å². The van der Waals surface area contributed by atoms with E-state index in [2.05, 4.69) is 15.9 Å². The Bertz CT molecular complexity index is 675. The lowest BCUT2D eigenvalue weighted by atomic mass is 10.1. The molecular weight excluding hydrogens is 368 g/mol. The van der Waals surface area contributed by atoms with Crippen LogP contribution in [0.3, 0.4) is 0 Å². The van der Waals surface area contributed by atoms with Crippen LogP contribution >= 0.6 is 39.9 Å². The summed E-state index contributed by atoms with van der Waals surface area (Å²) in [5, 5.41) is 20.7. The second kappa shape index (κ2) is 5.51. The van der Waals surface area contributed by atoms with Crippen molar-refractivity contribution >= 4 is 61.9 Å². The van der Waals surface area contributed by atoms with Crippen LogP contribution in [-0.4, -0.2) is 32.2 Å². The maximum atomic E-state index is 11.9. The predicted octanol–water partition coefficient (Wildman–Crippen LogP) is 2.89. The highest BCUT2D eigenvalue weighted by Crippen LogP contribution is 2.37. The zero-order valence-corrected chi connectivity index (χ0v) is 13.2. The van der Waals surface area contributed by atoms with Crippen molar-refractivity contribution in [3.8, 4) is 5.75 Å². The van der Waals surface area contributed by atoms with Crippen LogP contribution in [0.1, 0.15) is 5.56 Å². The summed E-state index contributed by atoms with van der Waals surface area (Å²) in [5.41, 5.74) is -0.00655. The Labute approximate surface area is 131 Å². The van der Waals surface area contributed by atoms with Crippen molar-refractivity contribution in [3.05, 3.63) is 37.2 Å². The monoisotopic (exact) mass is 374 g/mol. The average Bonchev–Trinajstić information content (AvgIpc) is 2.62. The van der Waals surface area contributed by atoms with Crippen molar-refractivity contribution < 1.29 is 14.8 Å². The van der Waals surface area contributed by atoms with E-state index in [0.717, 1.165) is 11.8 Å². The molecule has 0 spiro atoms. The van der Waals surface area contributed by atoms with Crippen LogP contribution in [0.4, 0.5) is 5.69 Å². The van der Waals surface area contributed by atoms with E-state index in [9.17, 15) is 20.0 Å². The van der Waals surface area contributed by atoms with Crippen molar-refractivity contribution in [1.29, 1.82) is 0 Å². The molecule has 1 fully saturated rings.